The fourth-order valence-electron chi connectivity index (χ4n) is 2.74. The zero-order valence-electron chi connectivity index (χ0n) is 14.8. The number of rotatable bonds is 3. The van der Waals surface area contributed by atoms with Crippen LogP contribution in [0.15, 0.2) is 18.2 Å². The number of nitrogens with zero attached hydrogens (tertiary/aromatic N) is 1. The second kappa shape index (κ2) is 8.28. The molecule has 138 valence electrons. The van der Waals surface area contributed by atoms with Crippen molar-refractivity contribution in [1.82, 2.24) is 10.2 Å². The summed E-state index contributed by atoms with van der Waals surface area (Å²) in [6.45, 7) is 6.16. The number of likely N-dealkylation sites (tertiary alicyclic amines) is 1. The van der Waals surface area contributed by atoms with E-state index in [1.54, 1.807) is 18.2 Å². The molecule has 1 fully saturated rings. The van der Waals surface area contributed by atoms with Gasteiger partial charge in [-0.25, -0.2) is 4.79 Å². The zero-order valence-corrected chi connectivity index (χ0v) is 16.3. The Kier molecular flexibility index (Phi) is 6.58. The molecular weight excluding hydrogens is 363 g/mol. The molecule has 1 saturated heterocycles. The van der Waals surface area contributed by atoms with Crippen molar-refractivity contribution in [2.75, 3.05) is 6.54 Å². The van der Waals surface area contributed by atoms with E-state index in [0.717, 1.165) is 12.8 Å². The van der Waals surface area contributed by atoms with E-state index < -0.39 is 17.7 Å². The van der Waals surface area contributed by atoms with Crippen LogP contribution in [0.4, 0.5) is 4.79 Å². The Morgan fingerprint density at radius 1 is 1.24 bits per heavy atom. The summed E-state index contributed by atoms with van der Waals surface area (Å²) in [6.07, 6.45) is 1.91. The molecule has 2 rings (SSSR count). The van der Waals surface area contributed by atoms with Crippen molar-refractivity contribution < 1.29 is 14.3 Å². The lowest BCUT2D eigenvalue weighted by atomic mass is 10.0. The Morgan fingerprint density at radius 2 is 1.88 bits per heavy atom. The molecule has 1 N–H and O–H groups in total. The van der Waals surface area contributed by atoms with E-state index in [4.69, 9.17) is 27.9 Å². The molecule has 0 bridgehead atoms. The highest BCUT2D eigenvalue weighted by atomic mass is 35.5. The molecule has 1 aliphatic rings. The molecule has 25 heavy (non-hydrogen) atoms. The number of hydrogen-bond donors (Lipinski definition) is 1. The van der Waals surface area contributed by atoms with Crippen molar-refractivity contribution >= 4 is 35.2 Å². The number of amides is 2. The Bertz CT molecular complexity index is 623. The van der Waals surface area contributed by atoms with Gasteiger partial charge in [-0.2, -0.15) is 0 Å². The summed E-state index contributed by atoms with van der Waals surface area (Å²) in [5.74, 6) is -0.221. The quantitative estimate of drug-likeness (QED) is 0.837. The summed E-state index contributed by atoms with van der Waals surface area (Å²) in [5, 5.41) is 3.84. The predicted molar refractivity (Wildman–Crippen MR) is 98.9 cm³/mol. The van der Waals surface area contributed by atoms with E-state index in [2.05, 4.69) is 5.32 Å². The fraction of sp³-hybridized carbons (Fsp3) is 0.556. The maximum Gasteiger partial charge on any atom is 0.410 e. The lowest BCUT2D eigenvalue weighted by Crippen LogP contribution is -2.53. The van der Waals surface area contributed by atoms with E-state index in [1.165, 1.54) is 4.90 Å². The summed E-state index contributed by atoms with van der Waals surface area (Å²) < 4.78 is 5.42. The molecule has 7 heteroatoms. The number of ether oxygens (including phenoxy) is 1. The number of piperidine rings is 1. The number of nitrogens with one attached hydrogen (secondary N) is 1. The fourth-order valence-corrected chi connectivity index (χ4v) is 3.27. The monoisotopic (exact) mass is 386 g/mol. The van der Waals surface area contributed by atoms with E-state index >= 15 is 0 Å². The second-order valence-electron chi connectivity index (χ2n) is 7.10. The summed E-state index contributed by atoms with van der Waals surface area (Å²) in [4.78, 5) is 26.5. The topological polar surface area (TPSA) is 58.6 Å². The van der Waals surface area contributed by atoms with Crippen molar-refractivity contribution in [3.05, 3.63) is 33.8 Å². The Hall–Kier alpha value is -1.46. The van der Waals surface area contributed by atoms with Gasteiger partial charge in [0.25, 0.3) is 0 Å². The number of hydrogen-bond acceptors (Lipinski definition) is 3. The van der Waals surface area contributed by atoms with Crippen molar-refractivity contribution in [3.63, 3.8) is 0 Å². The van der Waals surface area contributed by atoms with Gasteiger partial charge in [-0.1, -0.05) is 29.3 Å². The predicted octanol–water partition coefficient (Wildman–Crippen LogP) is 4.40. The van der Waals surface area contributed by atoms with Gasteiger partial charge in [0.05, 0.1) is 0 Å². The first-order valence-electron chi connectivity index (χ1n) is 8.39. The highest BCUT2D eigenvalue weighted by Gasteiger charge is 2.34. The van der Waals surface area contributed by atoms with Crippen LogP contribution in [-0.2, 0) is 16.1 Å². The van der Waals surface area contributed by atoms with Gasteiger partial charge in [-0.3, -0.25) is 9.69 Å². The van der Waals surface area contributed by atoms with Gasteiger partial charge in [0.2, 0.25) is 5.91 Å². The Labute approximate surface area is 158 Å². The third kappa shape index (κ3) is 5.51. The highest BCUT2D eigenvalue weighted by Crippen LogP contribution is 2.25. The van der Waals surface area contributed by atoms with Gasteiger partial charge in [-0.15, -0.1) is 0 Å². The molecule has 0 spiro atoms. The molecule has 5 nitrogen and oxygen atoms in total. The largest absolute Gasteiger partial charge is 0.444 e. The lowest BCUT2D eigenvalue weighted by molar-refractivity contribution is -0.127. The first-order valence-corrected chi connectivity index (χ1v) is 9.15. The van der Waals surface area contributed by atoms with Crippen molar-refractivity contribution in [2.24, 2.45) is 0 Å². The number of carbonyl (C=O) groups excluding carboxylic acids is 2. The highest BCUT2D eigenvalue weighted by molar-refractivity contribution is 6.36. The molecule has 1 aliphatic heterocycles. The van der Waals surface area contributed by atoms with E-state index in [1.807, 2.05) is 20.8 Å². The molecule has 1 atom stereocenters. The van der Waals surface area contributed by atoms with Crippen LogP contribution in [0.25, 0.3) is 0 Å². The molecule has 1 unspecified atom stereocenters. The molecule has 0 aliphatic carbocycles. The van der Waals surface area contributed by atoms with Gasteiger partial charge in [0.1, 0.15) is 11.6 Å². The van der Waals surface area contributed by atoms with Crippen LogP contribution in [0.1, 0.15) is 45.6 Å². The third-order valence-electron chi connectivity index (χ3n) is 3.93. The van der Waals surface area contributed by atoms with E-state index in [0.29, 0.717) is 28.6 Å². The van der Waals surface area contributed by atoms with Gasteiger partial charge in [0, 0.05) is 28.7 Å². The molecule has 2 amide bonds. The van der Waals surface area contributed by atoms with Crippen LogP contribution in [0.5, 0.6) is 0 Å². The Morgan fingerprint density at radius 3 is 2.48 bits per heavy atom. The van der Waals surface area contributed by atoms with Crippen LogP contribution >= 0.6 is 23.2 Å². The summed E-state index contributed by atoms with van der Waals surface area (Å²) in [7, 11) is 0. The van der Waals surface area contributed by atoms with Crippen LogP contribution in [-0.4, -0.2) is 35.1 Å². The maximum atomic E-state index is 12.6. The molecule has 0 saturated carbocycles. The normalized spacial score (nSPS) is 18.0. The Balaban J connectivity index is 2.04. The van der Waals surface area contributed by atoms with Crippen LogP contribution in [0.3, 0.4) is 0 Å². The van der Waals surface area contributed by atoms with Gasteiger partial charge in [-0.05, 0) is 52.2 Å². The summed E-state index contributed by atoms with van der Waals surface area (Å²) >= 11 is 12.3. The standard InChI is InChI=1S/C18H24Cl2N2O3/c1-18(2,3)25-17(24)22-10-5-4-9-15(22)16(23)21-11-12-13(19)7-6-8-14(12)20/h6-8,15H,4-5,9-11H2,1-3H3,(H,21,23). The van der Waals surface area contributed by atoms with Gasteiger partial charge >= 0.3 is 6.09 Å². The average Bonchev–Trinajstić information content (AvgIpc) is 2.52. The zero-order chi connectivity index (χ0) is 18.6. The molecule has 1 aromatic carbocycles. The second-order valence-corrected chi connectivity index (χ2v) is 7.92. The molecular formula is C18H24Cl2N2O3. The minimum atomic E-state index is -0.597. The molecule has 0 radical (unpaired) electrons. The van der Waals surface area contributed by atoms with Crippen LogP contribution < -0.4 is 5.32 Å². The minimum absolute atomic E-state index is 0.218. The molecule has 1 aromatic rings. The lowest BCUT2D eigenvalue weighted by Gasteiger charge is -2.35. The smallest absolute Gasteiger partial charge is 0.410 e. The average molecular weight is 387 g/mol. The first-order chi connectivity index (χ1) is 11.7. The van der Waals surface area contributed by atoms with Crippen molar-refractivity contribution in [1.29, 1.82) is 0 Å². The van der Waals surface area contributed by atoms with Gasteiger partial charge < -0.3 is 10.1 Å². The number of carbonyl (C=O) groups is 2. The van der Waals surface area contributed by atoms with E-state index in [9.17, 15) is 9.59 Å². The molecule has 0 aromatic heterocycles. The van der Waals surface area contributed by atoms with Gasteiger partial charge in [0.15, 0.2) is 0 Å². The van der Waals surface area contributed by atoms with E-state index in [-0.39, 0.29) is 12.5 Å². The minimum Gasteiger partial charge on any atom is -0.444 e. The first kappa shape index (κ1) is 19.9. The van der Waals surface area contributed by atoms with Crippen LogP contribution in [0.2, 0.25) is 10.0 Å². The molecule has 1 heterocycles. The maximum absolute atomic E-state index is 12.6. The third-order valence-corrected chi connectivity index (χ3v) is 4.64. The SMILES string of the molecule is CC(C)(C)OC(=O)N1CCCCC1C(=O)NCc1c(Cl)cccc1Cl. The number of benzene rings is 1. The number of halogens is 2. The van der Waals surface area contributed by atoms with Crippen molar-refractivity contribution in [2.45, 2.75) is 58.2 Å². The summed E-state index contributed by atoms with van der Waals surface area (Å²) in [5.41, 5.74) is 0.0690. The van der Waals surface area contributed by atoms with Crippen LogP contribution in [0, 0.1) is 0 Å². The van der Waals surface area contributed by atoms with Crippen molar-refractivity contribution in [3.8, 4) is 0 Å². The summed E-state index contributed by atoms with van der Waals surface area (Å²) in [6, 6.07) is 4.66.